The Balaban J connectivity index is 0.000000911. The first kappa shape index (κ1) is 18.7. The van der Waals surface area contributed by atoms with Crippen LogP contribution < -0.4 is 11.1 Å². The zero-order valence-corrected chi connectivity index (χ0v) is 16.0. The van der Waals surface area contributed by atoms with Crippen molar-refractivity contribution in [3.63, 3.8) is 0 Å². The Hall–Kier alpha value is -1.04. The van der Waals surface area contributed by atoms with Crippen LogP contribution >= 0.6 is 24.8 Å². The van der Waals surface area contributed by atoms with Crippen LogP contribution in [0.2, 0.25) is 0 Å². The van der Waals surface area contributed by atoms with Crippen molar-refractivity contribution in [3.8, 4) is 0 Å². The Kier molecular flexibility index (Phi) is 5.20. The van der Waals surface area contributed by atoms with Gasteiger partial charge in [-0.2, -0.15) is 9.61 Å². The standard InChI is InChI=1S/C18H25N5.2ClH/c19-12-3-4-13(11-12)21-17-14-5-9-18(7-1-2-8-18)16(14)22-15-6-10-20-23(15)17;;/h6,10,12-13,21H,1-5,7-9,11,19H2;2*1H/t12-,13+;;/m1../s1. The summed E-state index contributed by atoms with van der Waals surface area (Å²) >= 11 is 0. The number of nitrogens with one attached hydrogen (secondary N) is 1. The number of halogens is 2. The van der Waals surface area contributed by atoms with Crippen LogP contribution in [0, 0.1) is 0 Å². The molecular weight excluding hydrogens is 357 g/mol. The second-order valence-corrected chi connectivity index (χ2v) is 7.79. The van der Waals surface area contributed by atoms with Gasteiger partial charge in [0.15, 0.2) is 5.65 Å². The van der Waals surface area contributed by atoms with E-state index in [0.717, 1.165) is 31.3 Å². The fourth-order valence-electron chi connectivity index (χ4n) is 5.16. The Morgan fingerprint density at radius 1 is 1.16 bits per heavy atom. The molecule has 1 spiro atoms. The normalized spacial score (nSPS) is 26.4. The molecule has 3 aliphatic carbocycles. The van der Waals surface area contributed by atoms with Crippen molar-refractivity contribution in [1.82, 2.24) is 14.6 Å². The summed E-state index contributed by atoms with van der Waals surface area (Å²) in [4.78, 5) is 5.04. The Morgan fingerprint density at radius 3 is 2.68 bits per heavy atom. The summed E-state index contributed by atoms with van der Waals surface area (Å²) in [6, 6.07) is 2.85. The fraction of sp³-hybridized carbons (Fsp3) is 0.667. The SMILES string of the molecule is Cl.Cl.N[C@@H]1CC[C@H](Nc2c3c(nc4ccnn24)C2(CCCC2)CC3)C1. The molecule has 0 unspecified atom stereocenters. The summed E-state index contributed by atoms with van der Waals surface area (Å²) in [5, 5.41) is 8.32. The van der Waals surface area contributed by atoms with Crippen LogP contribution in [0.15, 0.2) is 12.3 Å². The van der Waals surface area contributed by atoms with Gasteiger partial charge in [0.05, 0.1) is 11.9 Å². The first-order valence-corrected chi connectivity index (χ1v) is 9.14. The highest BCUT2D eigenvalue weighted by Gasteiger charge is 2.44. The first-order valence-electron chi connectivity index (χ1n) is 9.14. The monoisotopic (exact) mass is 383 g/mol. The van der Waals surface area contributed by atoms with Crippen molar-refractivity contribution in [1.29, 1.82) is 0 Å². The molecule has 2 fully saturated rings. The number of aromatic nitrogens is 3. The lowest BCUT2D eigenvalue weighted by Gasteiger charge is -2.24. The van der Waals surface area contributed by atoms with E-state index in [1.54, 1.807) is 0 Å². The number of hydrogen-bond donors (Lipinski definition) is 2. The predicted molar refractivity (Wildman–Crippen MR) is 105 cm³/mol. The van der Waals surface area contributed by atoms with E-state index in [0.29, 0.717) is 17.5 Å². The number of nitrogens with zero attached hydrogens (tertiary/aromatic N) is 3. The molecule has 2 aromatic heterocycles. The molecule has 0 aromatic carbocycles. The van der Waals surface area contributed by atoms with Crippen molar-refractivity contribution >= 4 is 36.3 Å². The van der Waals surface area contributed by atoms with E-state index in [4.69, 9.17) is 10.7 Å². The van der Waals surface area contributed by atoms with Crippen LogP contribution in [-0.2, 0) is 11.8 Å². The van der Waals surface area contributed by atoms with Crippen LogP contribution in [0.5, 0.6) is 0 Å². The van der Waals surface area contributed by atoms with Gasteiger partial charge in [-0.15, -0.1) is 24.8 Å². The van der Waals surface area contributed by atoms with E-state index in [1.165, 1.54) is 49.2 Å². The molecular formula is C18H27Cl2N5. The van der Waals surface area contributed by atoms with E-state index < -0.39 is 0 Å². The average Bonchev–Trinajstić information content (AvgIpc) is 3.30. The van der Waals surface area contributed by atoms with Gasteiger partial charge in [0.1, 0.15) is 5.82 Å². The Morgan fingerprint density at radius 2 is 1.96 bits per heavy atom. The number of nitrogens with two attached hydrogens (primary N) is 1. The van der Waals surface area contributed by atoms with Crippen LogP contribution in [0.4, 0.5) is 5.82 Å². The van der Waals surface area contributed by atoms with E-state index in [9.17, 15) is 0 Å². The highest BCUT2D eigenvalue weighted by atomic mass is 35.5. The third-order valence-corrected chi connectivity index (χ3v) is 6.36. The molecule has 0 amide bonds. The minimum atomic E-state index is 0. The molecule has 0 radical (unpaired) electrons. The van der Waals surface area contributed by atoms with E-state index in [2.05, 4.69) is 10.4 Å². The Labute approximate surface area is 161 Å². The van der Waals surface area contributed by atoms with E-state index in [1.807, 2.05) is 16.8 Å². The molecule has 0 bridgehead atoms. The second-order valence-electron chi connectivity index (χ2n) is 7.79. The molecule has 2 heterocycles. The van der Waals surface area contributed by atoms with Gasteiger partial charge in [-0.25, -0.2) is 4.98 Å². The molecule has 3 N–H and O–H groups in total. The summed E-state index contributed by atoms with van der Waals surface area (Å²) in [5.41, 5.74) is 10.2. The maximum absolute atomic E-state index is 6.10. The molecule has 5 nitrogen and oxygen atoms in total. The molecule has 0 aliphatic heterocycles. The van der Waals surface area contributed by atoms with Crippen LogP contribution in [0.25, 0.3) is 5.65 Å². The second kappa shape index (κ2) is 6.93. The van der Waals surface area contributed by atoms with Crippen LogP contribution in [-0.4, -0.2) is 26.7 Å². The van der Waals surface area contributed by atoms with Crippen LogP contribution in [0.1, 0.15) is 62.6 Å². The fourth-order valence-corrected chi connectivity index (χ4v) is 5.16. The molecule has 3 aliphatic rings. The minimum Gasteiger partial charge on any atom is -0.367 e. The predicted octanol–water partition coefficient (Wildman–Crippen LogP) is 3.62. The summed E-state index contributed by atoms with van der Waals surface area (Å²) < 4.78 is 2.01. The highest BCUT2D eigenvalue weighted by molar-refractivity contribution is 5.85. The molecule has 2 saturated carbocycles. The van der Waals surface area contributed by atoms with Crippen molar-refractivity contribution < 1.29 is 0 Å². The molecule has 5 rings (SSSR count). The maximum atomic E-state index is 6.10. The van der Waals surface area contributed by atoms with Gasteiger partial charge in [0.25, 0.3) is 0 Å². The lowest BCUT2D eigenvalue weighted by atomic mass is 9.83. The van der Waals surface area contributed by atoms with Crippen molar-refractivity contribution in [2.45, 2.75) is 75.3 Å². The van der Waals surface area contributed by atoms with E-state index in [-0.39, 0.29) is 24.8 Å². The van der Waals surface area contributed by atoms with Crippen molar-refractivity contribution in [2.24, 2.45) is 5.73 Å². The van der Waals surface area contributed by atoms with Crippen molar-refractivity contribution in [3.05, 3.63) is 23.5 Å². The lowest BCUT2D eigenvalue weighted by Crippen LogP contribution is -2.24. The summed E-state index contributed by atoms with van der Waals surface area (Å²) in [6.45, 7) is 0. The van der Waals surface area contributed by atoms with Gasteiger partial charge >= 0.3 is 0 Å². The van der Waals surface area contributed by atoms with Crippen LogP contribution in [0.3, 0.4) is 0 Å². The molecule has 25 heavy (non-hydrogen) atoms. The van der Waals surface area contributed by atoms with Gasteiger partial charge < -0.3 is 11.1 Å². The molecule has 2 atom stereocenters. The quantitative estimate of drug-likeness (QED) is 0.830. The number of hydrogen-bond acceptors (Lipinski definition) is 4. The van der Waals surface area contributed by atoms with Gasteiger partial charge in [0, 0.05) is 29.1 Å². The maximum Gasteiger partial charge on any atom is 0.157 e. The van der Waals surface area contributed by atoms with Crippen molar-refractivity contribution in [2.75, 3.05) is 5.32 Å². The van der Waals surface area contributed by atoms with Gasteiger partial charge in [-0.05, 0) is 44.9 Å². The molecule has 7 heteroatoms. The number of fused-ring (bicyclic) bond motifs is 3. The topological polar surface area (TPSA) is 68.2 Å². The minimum absolute atomic E-state index is 0. The first-order chi connectivity index (χ1) is 11.3. The average molecular weight is 384 g/mol. The largest absolute Gasteiger partial charge is 0.367 e. The van der Waals surface area contributed by atoms with Gasteiger partial charge in [-0.1, -0.05) is 12.8 Å². The molecule has 2 aromatic rings. The lowest BCUT2D eigenvalue weighted by molar-refractivity contribution is 0.429. The summed E-state index contributed by atoms with van der Waals surface area (Å²) in [7, 11) is 0. The third kappa shape index (κ3) is 2.90. The summed E-state index contributed by atoms with van der Waals surface area (Å²) in [5.74, 6) is 1.19. The Bertz CT molecular complexity index is 753. The zero-order chi connectivity index (χ0) is 15.4. The number of rotatable bonds is 2. The molecule has 0 saturated heterocycles. The van der Waals surface area contributed by atoms with Gasteiger partial charge in [-0.3, -0.25) is 0 Å². The zero-order valence-electron chi connectivity index (χ0n) is 14.4. The highest BCUT2D eigenvalue weighted by Crippen LogP contribution is 2.51. The van der Waals surface area contributed by atoms with E-state index >= 15 is 0 Å². The smallest absolute Gasteiger partial charge is 0.157 e. The third-order valence-electron chi connectivity index (χ3n) is 6.36. The molecule has 138 valence electrons. The van der Waals surface area contributed by atoms with Gasteiger partial charge in [0.2, 0.25) is 0 Å². The number of anilines is 1. The summed E-state index contributed by atoms with van der Waals surface area (Å²) in [6.07, 6.45) is 12.9.